The normalized spacial score (nSPS) is 17.7. The average Bonchev–Trinajstić information content (AvgIpc) is 2.88. The van der Waals surface area contributed by atoms with Crippen LogP contribution in [0.5, 0.6) is 0 Å². The highest BCUT2D eigenvalue weighted by atomic mass is 16.4. The number of rotatable bonds is 9. The highest BCUT2D eigenvalue weighted by Crippen LogP contribution is 2.24. The first-order valence-electron chi connectivity index (χ1n) is 8.50. The molecule has 1 heterocycles. The van der Waals surface area contributed by atoms with Gasteiger partial charge in [-0.1, -0.05) is 45.4 Å². The Bertz CT molecular complexity index is 454. The van der Waals surface area contributed by atoms with Crippen molar-refractivity contribution in [3.63, 3.8) is 0 Å². The second kappa shape index (κ2) is 8.20. The lowest BCUT2D eigenvalue weighted by atomic mass is 9.90. The van der Waals surface area contributed by atoms with E-state index >= 15 is 0 Å². The number of aromatic nitrogens is 2. The first-order valence-corrected chi connectivity index (χ1v) is 8.50. The lowest BCUT2D eigenvalue weighted by Gasteiger charge is -2.16. The van der Waals surface area contributed by atoms with E-state index in [0.717, 1.165) is 36.5 Å². The van der Waals surface area contributed by atoms with E-state index in [2.05, 4.69) is 16.9 Å². The molecule has 1 aromatic rings. The van der Waals surface area contributed by atoms with Gasteiger partial charge in [0, 0.05) is 18.5 Å². The van der Waals surface area contributed by atoms with Crippen LogP contribution < -0.4 is 0 Å². The fourth-order valence-electron chi connectivity index (χ4n) is 3.12. The van der Waals surface area contributed by atoms with E-state index in [4.69, 9.17) is 5.11 Å². The molecule has 1 unspecified atom stereocenters. The molecule has 4 nitrogen and oxygen atoms in total. The predicted octanol–water partition coefficient (Wildman–Crippen LogP) is 3.89. The van der Waals surface area contributed by atoms with Crippen molar-refractivity contribution >= 4 is 5.97 Å². The number of aromatic amines is 1. The highest BCUT2D eigenvalue weighted by molar-refractivity contribution is 5.70. The van der Waals surface area contributed by atoms with E-state index < -0.39 is 5.97 Å². The first kappa shape index (κ1) is 16.1. The van der Waals surface area contributed by atoms with Gasteiger partial charge in [0.05, 0.1) is 11.6 Å². The summed E-state index contributed by atoms with van der Waals surface area (Å²) in [5.74, 6) is 0.146. The van der Waals surface area contributed by atoms with Gasteiger partial charge in [0.25, 0.3) is 0 Å². The van der Waals surface area contributed by atoms with Crippen molar-refractivity contribution in [3.8, 4) is 0 Å². The Morgan fingerprint density at radius 2 is 1.95 bits per heavy atom. The van der Waals surface area contributed by atoms with Crippen LogP contribution in [0.25, 0.3) is 0 Å². The number of carboxylic acids is 1. The lowest BCUT2D eigenvalue weighted by molar-refractivity contribution is -0.142. The average molecular weight is 292 g/mol. The third-order valence-corrected chi connectivity index (χ3v) is 4.46. The molecule has 0 aromatic carbocycles. The van der Waals surface area contributed by atoms with Gasteiger partial charge in [0.15, 0.2) is 0 Å². The molecule has 4 heteroatoms. The quantitative estimate of drug-likeness (QED) is 0.678. The molecule has 118 valence electrons. The molecule has 0 aliphatic heterocycles. The summed E-state index contributed by atoms with van der Waals surface area (Å²) in [4.78, 5) is 19.1. The summed E-state index contributed by atoms with van der Waals surface area (Å²) in [5.41, 5.74) is 2.16. The maximum Gasteiger partial charge on any atom is 0.306 e. The van der Waals surface area contributed by atoms with Crippen LogP contribution in [0.1, 0.15) is 75.5 Å². The van der Waals surface area contributed by atoms with Crippen molar-refractivity contribution in [2.24, 2.45) is 5.92 Å². The molecule has 0 saturated heterocycles. The molecule has 21 heavy (non-hydrogen) atoms. The molecule has 0 amide bonds. The fourth-order valence-corrected chi connectivity index (χ4v) is 3.12. The molecule has 2 N–H and O–H groups in total. The zero-order valence-electron chi connectivity index (χ0n) is 13.2. The van der Waals surface area contributed by atoms with E-state index in [1.165, 1.54) is 44.9 Å². The first-order chi connectivity index (χ1) is 10.2. The van der Waals surface area contributed by atoms with Gasteiger partial charge in [-0.15, -0.1) is 0 Å². The van der Waals surface area contributed by atoms with Crippen molar-refractivity contribution in [2.45, 2.75) is 77.6 Å². The Labute approximate surface area is 127 Å². The van der Waals surface area contributed by atoms with Gasteiger partial charge in [-0.05, 0) is 19.3 Å². The molecular weight excluding hydrogens is 264 g/mol. The van der Waals surface area contributed by atoms with Crippen LogP contribution in [-0.4, -0.2) is 21.0 Å². The Kier molecular flexibility index (Phi) is 6.27. The zero-order chi connectivity index (χ0) is 15.1. The standard InChI is InChI=1S/C17H28N2O2/c1-2-3-4-5-6-7-8-9-16-18-14-11-10-13(17(20)21)12-15(14)19-16/h13H,2-12H2,1H3,(H,18,19)(H,20,21). The predicted molar refractivity (Wildman–Crippen MR) is 83.4 cm³/mol. The summed E-state index contributed by atoms with van der Waals surface area (Å²) < 4.78 is 0. The van der Waals surface area contributed by atoms with Crippen LogP contribution in [0.4, 0.5) is 0 Å². The minimum Gasteiger partial charge on any atom is -0.481 e. The van der Waals surface area contributed by atoms with Crippen LogP contribution in [0.15, 0.2) is 0 Å². The fraction of sp³-hybridized carbons (Fsp3) is 0.765. The van der Waals surface area contributed by atoms with Crippen molar-refractivity contribution in [1.29, 1.82) is 0 Å². The van der Waals surface area contributed by atoms with Gasteiger partial charge in [0.1, 0.15) is 5.82 Å². The number of nitrogens with one attached hydrogen (secondary N) is 1. The number of nitrogens with zero attached hydrogens (tertiary/aromatic N) is 1. The summed E-state index contributed by atoms with van der Waals surface area (Å²) in [6.07, 6.45) is 12.3. The minimum absolute atomic E-state index is 0.232. The second-order valence-corrected chi connectivity index (χ2v) is 6.26. The number of imidazole rings is 1. The van der Waals surface area contributed by atoms with Crippen molar-refractivity contribution in [1.82, 2.24) is 9.97 Å². The Morgan fingerprint density at radius 1 is 1.24 bits per heavy atom. The summed E-state index contributed by atoms with van der Waals surface area (Å²) in [7, 11) is 0. The van der Waals surface area contributed by atoms with E-state index in [0.29, 0.717) is 6.42 Å². The molecule has 0 radical (unpaired) electrons. The number of hydrogen-bond donors (Lipinski definition) is 2. The summed E-state index contributed by atoms with van der Waals surface area (Å²) in [5, 5.41) is 9.10. The zero-order valence-corrected chi connectivity index (χ0v) is 13.2. The van der Waals surface area contributed by atoms with Crippen LogP contribution in [0.2, 0.25) is 0 Å². The molecule has 2 rings (SSSR count). The number of H-pyrrole nitrogens is 1. The van der Waals surface area contributed by atoms with E-state index in [-0.39, 0.29) is 5.92 Å². The molecule has 0 spiro atoms. The molecule has 1 atom stereocenters. The van der Waals surface area contributed by atoms with E-state index in [1.54, 1.807) is 0 Å². The lowest BCUT2D eigenvalue weighted by Crippen LogP contribution is -2.22. The molecule has 1 aromatic heterocycles. The van der Waals surface area contributed by atoms with Gasteiger partial charge in [-0.3, -0.25) is 4.79 Å². The molecule has 1 aliphatic rings. The van der Waals surface area contributed by atoms with Gasteiger partial charge < -0.3 is 10.1 Å². The molecule has 0 saturated carbocycles. The Balaban J connectivity index is 1.70. The molecular formula is C17H28N2O2. The van der Waals surface area contributed by atoms with Crippen LogP contribution >= 0.6 is 0 Å². The van der Waals surface area contributed by atoms with Crippen molar-refractivity contribution < 1.29 is 9.90 Å². The topological polar surface area (TPSA) is 66.0 Å². The molecule has 1 aliphatic carbocycles. The number of carbonyl (C=O) groups is 1. The van der Waals surface area contributed by atoms with Crippen molar-refractivity contribution in [2.75, 3.05) is 0 Å². The van der Waals surface area contributed by atoms with E-state index in [1.807, 2.05) is 0 Å². The maximum atomic E-state index is 11.1. The summed E-state index contributed by atoms with van der Waals surface area (Å²) in [6.45, 7) is 2.24. The second-order valence-electron chi connectivity index (χ2n) is 6.26. The van der Waals surface area contributed by atoms with Crippen molar-refractivity contribution in [3.05, 3.63) is 17.2 Å². The minimum atomic E-state index is -0.677. The smallest absolute Gasteiger partial charge is 0.306 e. The largest absolute Gasteiger partial charge is 0.481 e. The molecule has 0 bridgehead atoms. The number of unbranched alkanes of at least 4 members (excludes halogenated alkanes) is 6. The van der Waals surface area contributed by atoms with Crippen LogP contribution in [0, 0.1) is 5.92 Å². The monoisotopic (exact) mass is 292 g/mol. The van der Waals surface area contributed by atoms with Gasteiger partial charge in [0.2, 0.25) is 0 Å². The van der Waals surface area contributed by atoms with Gasteiger partial charge in [-0.2, -0.15) is 0 Å². The van der Waals surface area contributed by atoms with Crippen LogP contribution in [0.3, 0.4) is 0 Å². The summed E-state index contributed by atoms with van der Waals surface area (Å²) >= 11 is 0. The number of carboxylic acid groups (broad SMARTS) is 1. The van der Waals surface area contributed by atoms with Crippen LogP contribution in [-0.2, 0) is 24.1 Å². The van der Waals surface area contributed by atoms with Gasteiger partial charge in [-0.25, -0.2) is 4.98 Å². The third-order valence-electron chi connectivity index (χ3n) is 4.46. The Morgan fingerprint density at radius 3 is 2.67 bits per heavy atom. The third kappa shape index (κ3) is 4.87. The van der Waals surface area contributed by atoms with Gasteiger partial charge >= 0.3 is 5.97 Å². The Hall–Kier alpha value is -1.32. The number of aliphatic carboxylic acids is 1. The summed E-state index contributed by atoms with van der Waals surface area (Å²) in [6, 6.07) is 0. The van der Waals surface area contributed by atoms with E-state index in [9.17, 15) is 4.79 Å². The number of hydrogen-bond acceptors (Lipinski definition) is 2. The highest BCUT2D eigenvalue weighted by Gasteiger charge is 2.26. The SMILES string of the molecule is CCCCCCCCCc1nc2c([nH]1)CC(C(=O)O)CC2. The maximum absolute atomic E-state index is 11.1. The number of aryl methyl sites for hydroxylation is 2. The molecule has 0 fully saturated rings. The number of fused-ring (bicyclic) bond motifs is 1.